The van der Waals surface area contributed by atoms with Gasteiger partial charge in [-0.05, 0) is 75.0 Å². The van der Waals surface area contributed by atoms with Crippen molar-refractivity contribution in [1.82, 2.24) is 15.1 Å². The zero-order valence-corrected chi connectivity index (χ0v) is 20.2. The molecule has 0 radical (unpaired) electrons. The Balaban J connectivity index is 1.13. The standard InChI is InChI=1S/C25H29ClN4O2S/c26-21-8-7-20(33-21)23(31)27-19-9-14-29-16-30(24(32)22(19)29)18-5-3-17(4-6-18)25(10-11-25)15-28-12-1-2-13-28/h3-8,19,22H,1-2,9-16H2,(H,27,31)/t19-,22+/m1/s1. The number of thiophene rings is 1. The van der Waals surface area contributed by atoms with Gasteiger partial charge in [-0.1, -0.05) is 23.7 Å². The van der Waals surface area contributed by atoms with Gasteiger partial charge in [0.05, 0.1) is 21.9 Å². The molecule has 174 valence electrons. The van der Waals surface area contributed by atoms with Crippen LogP contribution >= 0.6 is 22.9 Å². The summed E-state index contributed by atoms with van der Waals surface area (Å²) in [6.45, 7) is 5.02. The Morgan fingerprint density at radius 3 is 2.52 bits per heavy atom. The van der Waals surface area contributed by atoms with Crippen LogP contribution in [-0.2, 0) is 10.2 Å². The van der Waals surface area contributed by atoms with Gasteiger partial charge in [0, 0.05) is 24.2 Å². The fraction of sp³-hybridized carbons (Fsp3) is 0.520. The topological polar surface area (TPSA) is 55.9 Å². The highest BCUT2D eigenvalue weighted by atomic mass is 35.5. The van der Waals surface area contributed by atoms with Crippen molar-refractivity contribution in [2.24, 2.45) is 0 Å². The summed E-state index contributed by atoms with van der Waals surface area (Å²) in [6.07, 6.45) is 5.96. The Labute approximate surface area is 203 Å². The van der Waals surface area contributed by atoms with Crippen LogP contribution in [0.15, 0.2) is 36.4 Å². The number of nitrogens with one attached hydrogen (secondary N) is 1. The fourth-order valence-corrected chi connectivity index (χ4v) is 6.79. The average molecular weight is 485 g/mol. The number of halogens is 1. The van der Waals surface area contributed by atoms with Crippen LogP contribution in [0.4, 0.5) is 5.69 Å². The third-order valence-corrected chi connectivity index (χ3v) is 9.06. The van der Waals surface area contributed by atoms with Gasteiger partial charge in [-0.25, -0.2) is 0 Å². The van der Waals surface area contributed by atoms with Gasteiger partial charge in [0.1, 0.15) is 6.04 Å². The summed E-state index contributed by atoms with van der Waals surface area (Å²) in [5.41, 5.74) is 2.67. The van der Waals surface area contributed by atoms with Gasteiger partial charge in [-0.3, -0.25) is 19.4 Å². The van der Waals surface area contributed by atoms with E-state index in [1.165, 1.54) is 62.2 Å². The van der Waals surface area contributed by atoms with Gasteiger partial charge in [0.15, 0.2) is 0 Å². The molecule has 4 heterocycles. The van der Waals surface area contributed by atoms with E-state index in [-0.39, 0.29) is 23.9 Å². The molecule has 6 rings (SSSR count). The molecule has 8 heteroatoms. The molecule has 3 saturated heterocycles. The lowest BCUT2D eigenvalue weighted by Crippen LogP contribution is -2.46. The summed E-state index contributed by atoms with van der Waals surface area (Å²) in [5.74, 6) is -0.0740. The zero-order valence-electron chi connectivity index (χ0n) is 18.6. The van der Waals surface area contributed by atoms with Gasteiger partial charge >= 0.3 is 0 Å². The number of rotatable bonds is 6. The molecule has 0 unspecified atom stereocenters. The smallest absolute Gasteiger partial charge is 0.261 e. The van der Waals surface area contributed by atoms with E-state index in [9.17, 15) is 9.59 Å². The third kappa shape index (κ3) is 3.99. The van der Waals surface area contributed by atoms with Gasteiger partial charge < -0.3 is 10.2 Å². The monoisotopic (exact) mass is 484 g/mol. The van der Waals surface area contributed by atoms with E-state index < -0.39 is 0 Å². The summed E-state index contributed by atoms with van der Waals surface area (Å²) in [7, 11) is 0. The lowest BCUT2D eigenvalue weighted by Gasteiger charge is -2.24. The number of hydrogen-bond donors (Lipinski definition) is 1. The maximum absolute atomic E-state index is 13.4. The van der Waals surface area contributed by atoms with Crippen LogP contribution in [-0.4, -0.2) is 66.5 Å². The molecule has 0 spiro atoms. The lowest BCUT2D eigenvalue weighted by atomic mass is 9.95. The van der Waals surface area contributed by atoms with Crippen LogP contribution in [0.5, 0.6) is 0 Å². The number of carbonyl (C=O) groups is 2. The molecule has 0 bridgehead atoms. The first-order valence-corrected chi connectivity index (χ1v) is 13.2. The number of anilines is 1. The minimum absolute atomic E-state index is 0.0768. The van der Waals surface area contributed by atoms with Crippen LogP contribution < -0.4 is 10.2 Å². The minimum Gasteiger partial charge on any atom is -0.346 e. The third-order valence-electron chi connectivity index (χ3n) is 7.83. The van der Waals surface area contributed by atoms with Crippen molar-refractivity contribution in [3.05, 3.63) is 51.2 Å². The Bertz CT molecular complexity index is 1060. The van der Waals surface area contributed by atoms with Crippen molar-refractivity contribution in [1.29, 1.82) is 0 Å². The Kier molecular flexibility index (Phi) is 5.48. The quantitative estimate of drug-likeness (QED) is 0.679. The second kappa shape index (κ2) is 8.38. The van der Waals surface area contributed by atoms with Crippen LogP contribution in [0.3, 0.4) is 0 Å². The highest BCUT2D eigenvalue weighted by Crippen LogP contribution is 2.49. The molecule has 2 amide bonds. The Morgan fingerprint density at radius 2 is 1.85 bits per heavy atom. The van der Waals surface area contributed by atoms with Crippen molar-refractivity contribution in [3.63, 3.8) is 0 Å². The van der Waals surface area contributed by atoms with E-state index in [4.69, 9.17) is 11.6 Å². The summed E-state index contributed by atoms with van der Waals surface area (Å²) in [4.78, 5) is 33.2. The van der Waals surface area contributed by atoms with Crippen molar-refractivity contribution < 1.29 is 9.59 Å². The first-order chi connectivity index (χ1) is 16.0. The molecule has 1 saturated carbocycles. The number of hydrogen-bond acceptors (Lipinski definition) is 5. The molecule has 1 N–H and O–H groups in total. The van der Waals surface area contributed by atoms with Crippen molar-refractivity contribution in [2.75, 3.05) is 37.7 Å². The van der Waals surface area contributed by atoms with Crippen LogP contribution in [0, 0.1) is 0 Å². The number of fused-ring (bicyclic) bond motifs is 1. The normalized spacial score (nSPS) is 26.7. The number of carbonyl (C=O) groups excluding carboxylic acids is 2. The first-order valence-electron chi connectivity index (χ1n) is 12.0. The first kappa shape index (κ1) is 21.6. The predicted molar refractivity (Wildman–Crippen MR) is 131 cm³/mol. The fourth-order valence-electron chi connectivity index (χ4n) is 5.84. The van der Waals surface area contributed by atoms with Crippen molar-refractivity contribution in [2.45, 2.75) is 49.6 Å². The maximum atomic E-state index is 13.4. The lowest BCUT2D eigenvalue weighted by molar-refractivity contribution is -0.119. The summed E-state index contributed by atoms with van der Waals surface area (Å²) < 4.78 is 0.591. The number of nitrogens with zero attached hydrogens (tertiary/aromatic N) is 3. The molecule has 1 aromatic carbocycles. The van der Waals surface area contributed by atoms with Crippen LogP contribution in [0.1, 0.15) is 47.3 Å². The van der Waals surface area contributed by atoms with Gasteiger partial charge in [-0.2, -0.15) is 0 Å². The number of benzene rings is 1. The van der Waals surface area contributed by atoms with E-state index in [0.717, 1.165) is 18.7 Å². The number of amides is 2. The highest BCUT2D eigenvalue weighted by Gasteiger charge is 2.49. The van der Waals surface area contributed by atoms with Gasteiger partial charge in [0.2, 0.25) is 5.91 Å². The van der Waals surface area contributed by atoms with Crippen LogP contribution in [0.2, 0.25) is 4.34 Å². The van der Waals surface area contributed by atoms with E-state index in [2.05, 4.69) is 39.4 Å². The molecular weight excluding hydrogens is 456 g/mol. The molecule has 6 nitrogen and oxygen atoms in total. The summed E-state index contributed by atoms with van der Waals surface area (Å²) in [5, 5.41) is 3.07. The predicted octanol–water partition coefficient (Wildman–Crippen LogP) is 3.71. The molecule has 1 aliphatic carbocycles. The molecule has 1 aromatic heterocycles. The van der Waals surface area contributed by atoms with Gasteiger partial charge in [0.25, 0.3) is 5.91 Å². The second-order valence-electron chi connectivity index (χ2n) is 9.95. The molecule has 33 heavy (non-hydrogen) atoms. The molecule has 2 atom stereocenters. The highest BCUT2D eigenvalue weighted by molar-refractivity contribution is 7.18. The van der Waals surface area contributed by atoms with E-state index in [1.807, 2.05) is 4.90 Å². The summed E-state index contributed by atoms with van der Waals surface area (Å²) in [6, 6.07) is 11.7. The Morgan fingerprint density at radius 1 is 1.09 bits per heavy atom. The average Bonchev–Trinajstić information content (AvgIpc) is 3.23. The maximum Gasteiger partial charge on any atom is 0.261 e. The van der Waals surface area contributed by atoms with Gasteiger partial charge in [-0.15, -0.1) is 11.3 Å². The SMILES string of the molecule is O=C(N[C@@H]1CCN2CN(c3ccc(C4(CN5CCCC5)CC4)cc3)C(=O)[C@H]12)c1ccc(Cl)s1. The van der Waals surface area contributed by atoms with E-state index in [0.29, 0.717) is 21.3 Å². The largest absolute Gasteiger partial charge is 0.346 e. The molecule has 3 aliphatic heterocycles. The molecule has 2 aromatic rings. The van der Waals surface area contributed by atoms with Crippen molar-refractivity contribution in [3.8, 4) is 0 Å². The van der Waals surface area contributed by atoms with Crippen LogP contribution in [0.25, 0.3) is 0 Å². The zero-order chi connectivity index (χ0) is 22.6. The van der Waals surface area contributed by atoms with E-state index in [1.54, 1.807) is 12.1 Å². The molecule has 4 fully saturated rings. The minimum atomic E-state index is -0.297. The number of likely N-dealkylation sites (tertiary alicyclic amines) is 1. The van der Waals surface area contributed by atoms with Crippen molar-refractivity contribution >= 4 is 40.4 Å². The molecule has 4 aliphatic rings. The Hall–Kier alpha value is -1.93. The summed E-state index contributed by atoms with van der Waals surface area (Å²) >= 11 is 7.23. The molecular formula is C25H29ClN4O2S. The van der Waals surface area contributed by atoms with E-state index >= 15 is 0 Å². The second-order valence-corrected chi connectivity index (χ2v) is 11.7.